The zero-order chi connectivity index (χ0) is 9.19. The molecule has 0 saturated carbocycles. The zero-order valence-corrected chi connectivity index (χ0v) is 7.16. The van der Waals surface area contributed by atoms with Crippen LogP contribution in [0.3, 0.4) is 0 Å². The van der Waals surface area contributed by atoms with Gasteiger partial charge in [-0.3, -0.25) is 4.79 Å². The number of carbonyl (C=O) groups excluding carboxylic acids is 1. The second-order valence-electron chi connectivity index (χ2n) is 2.68. The van der Waals surface area contributed by atoms with E-state index in [1.54, 1.807) is 18.2 Å². The molecule has 1 aliphatic carbocycles. The third-order valence-corrected chi connectivity index (χ3v) is 1.92. The van der Waals surface area contributed by atoms with Gasteiger partial charge in [0.1, 0.15) is 11.1 Å². The van der Waals surface area contributed by atoms with Crippen molar-refractivity contribution in [3.05, 3.63) is 24.3 Å². The molecule has 66 valence electrons. The molecule has 0 heterocycles. The van der Waals surface area contributed by atoms with E-state index in [2.05, 4.69) is 0 Å². The van der Waals surface area contributed by atoms with Gasteiger partial charge in [0, 0.05) is 6.42 Å². The largest absolute Gasteiger partial charge is 0.377 e. The lowest BCUT2D eigenvalue weighted by molar-refractivity contribution is -0.132. The minimum atomic E-state index is -1.50. The molecule has 0 aromatic heterocycles. The molecule has 4 heteroatoms. The van der Waals surface area contributed by atoms with Crippen LogP contribution >= 0.6 is 11.6 Å². The van der Waals surface area contributed by atoms with Gasteiger partial charge in [0.15, 0.2) is 5.78 Å². The van der Waals surface area contributed by atoms with E-state index in [0.717, 1.165) is 0 Å². The fraction of sp³-hybridized carbons (Fsp3) is 0.375. The third kappa shape index (κ3) is 1.75. The Labute approximate surface area is 75.5 Å². The summed E-state index contributed by atoms with van der Waals surface area (Å²) in [4.78, 5) is 11.2. The van der Waals surface area contributed by atoms with Crippen LogP contribution in [0.4, 0.5) is 0 Å². The van der Waals surface area contributed by atoms with Crippen molar-refractivity contribution >= 4 is 17.4 Å². The summed E-state index contributed by atoms with van der Waals surface area (Å²) in [6.07, 6.45) is 6.68. The Morgan fingerprint density at radius 2 is 2.33 bits per heavy atom. The molecular formula is C8H10ClNO2. The number of carbonyl (C=O) groups is 1. The van der Waals surface area contributed by atoms with Gasteiger partial charge in [-0.25, -0.2) is 0 Å². The molecule has 12 heavy (non-hydrogen) atoms. The number of allylic oxidation sites excluding steroid dienone is 2. The monoisotopic (exact) mass is 187 g/mol. The molecule has 0 saturated heterocycles. The van der Waals surface area contributed by atoms with Crippen LogP contribution in [0.1, 0.15) is 6.42 Å². The summed E-state index contributed by atoms with van der Waals surface area (Å²) in [5.41, 5.74) is 2.50. The lowest BCUT2D eigenvalue weighted by atomic mass is 9.91. The summed E-state index contributed by atoms with van der Waals surface area (Å²) < 4.78 is 0. The maximum absolute atomic E-state index is 11.2. The van der Waals surface area contributed by atoms with Gasteiger partial charge in [0.25, 0.3) is 0 Å². The van der Waals surface area contributed by atoms with Crippen LogP contribution in [-0.2, 0) is 4.79 Å². The smallest absolute Gasteiger partial charge is 0.200 e. The number of Topliss-reactive ketones (excluding diaryl/α,β-unsaturated/α-hetero) is 1. The minimum absolute atomic E-state index is 0.239. The van der Waals surface area contributed by atoms with E-state index in [-0.39, 0.29) is 6.42 Å². The summed E-state index contributed by atoms with van der Waals surface area (Å²) in [5, 5.41) is 9.66. The maximum Gasteiger partial charge on any atom is 0.200 e. The van der Waals surface area contributed by atoms with E-state index in [1.807, 2.05) is 0 Å². The van der Waals surface area contributed by atoms with Gasteiger partial charge in [-0.15, -0.1) is 0 Å². The van der Waals surface area contributed by atoms with Crippen molar-refractivity contribution in [3.8, 4) is 0 Å². The Balaban J connectivity index is 2.79. The van der Waals surface area contributed by atoms with Gasteiger partial charge in [-0.2, -0.15) is 0 Å². The number of hydrogen-bond donors (Lipinski definition) is 2. The van der Waals surface area contributed by atoms with E-state index in [0.29, 0.717) is 0 Å². The number of halogens is 1. The molecule has 1 aliphatic rings. The number of rotatable bonds is 2. The van der Waals surface area contributed by atoms with Crippen LogP contribution in [0, 0.1) is 0 Å². The van der Waals surface area contributed by atoms with E-state index >= 15 is 0 Å². The Morgan fingerprint density at radius 3 is 2.75 bits per heavy atom. The van der Waals surface area contributed by atoms with Crippen molar-refractivity contribution in [2.45, 2.75) is 17.5 Å². The second kappa shape index (κ2) is 3.39. The standard InChI is InChI=1S/C8H10ClNO2/c9-7(10)6(11)8(12)4-2-1-3-5-8/h1-4,7,12H,5,10H2/t7-,8-/m1/s1. The van der Waals surface area contributed by atoms with Gasteiger partial charge in [-0.05, 0) is 6.08 Å². The van der Waals surface area contributed by atoms with Crippen LogP contribution in [0.2, 0.25) is 0 Å². The normalized spacial score (nSPS) is 30.2. The fourth-order valence-corrected chi connectivity index (χ4v) is 1.22. The zero-order valence-electron chi connectivity index (χ0n) is 6.40. The van der Waals surface area contributed by atoms with E-state index in [4.69, 9.17) is 17.3 Å². The lowest BCUT2D eigenvalue weighted by Gasteiger charge is -2.24. The molecule has 0 radical (unpaired) electrons. The third-order valence-electron chi connectivity index (χ3n) is 1.73. The molecular weight excluding hydrogens is 178 g/mol. The van der Waals surface area contributed by atoms with Crippen molar-refractivity contribution in [3.63, 3.8) is 0 Å². The van der Waals surface area contributed by atoms with Crippen LogP contribution in [0.5, 0.6) is 0 Å². The average molecular weight is 188 g/mol. The highest BCUT2D eigenvalue weighted by Gasteiger charge is 2.35. The molecule has 0 amide bonds. The Kier molecular flexibility index (Phi) is 2.67. The topological polar surface area (TPSA) is 63.3 Å². The highest BCUT2D eigenvalue weighted by molar-refractivity contribution is 6.32. The first-order valence-corrected chi connectivity index (χ1v) is 4.00. The van der Waals surface area contributed by atoms with Gasteiger partial charge >= 0.3 is 0 Å². The molecule has 3 N–H and O–H groups in total. The molecule has 0 aromatic rings. The highest BCUT2D eigenvalue weighted by Crippen LogP contribution is 2.20. The van der Waals surface area contributed by atoms with E-state index < -0.39 is 16.9 Å². The Hall–Kier alpha value is -0.640. The van der Waals surface area contributed by atoms with Crippen molar-refractivity contribution in [1.29, 1.82) is 0 Å². The molecule has 0 aromatic carbocycles. The van der Waals surface area contributed by atoms with Gasteiger partial charge in [-0.1, -0.05) is 29.8 Å². The van der Waals surface area contributed by atoms with Crippen molar-refractivity contribution in [2.24, 2.45) is 5.73 Å². The van der Waals surface area contributed by atoms with Gasteiger partial charge in [0.2, 0.25) is 0 Å². The molecule has 0 unspecified atom stereocenters. The number of nitrogens with two attached hydrogens (primary N) is 1. The maximum atomic E-state index is 11.2. The van der Waals surface area contributed by atoms with Crippen molar-refractivity contribution < 1.29 is 9.90 Å². The lowest BCUT2D eigenvalue weighted by Crippen LogP contribution is -2.45. The molecule has 3 nitrogen and oxygen atoms in total. The molecule has 0 bridgehead atoms. The predicted octanol–water partition coefficient (Wildman–Crippen LogP) is 0.326. The van der Waals surface area contributed by atoms with Crippen molar-refractivity contribution in [2.75, 3.05) is 0 Å². The summed E-state index contributed by atoms with van der Waals surface area (Å²) in [6.45, 7) is 0. The van der Waals surface area contributed by atoms with Crippen LogP contribution in [0.25, 0.3) is 0 Å². The number of hydrogen-bond acceptors (Lipinski definition) is 3. The average Bonchev–Trinajstić information content (AvgIpc) is 2.04. The summed E-state index contributed by atoms with van der Waals surface area (Å²) in [6, 6.07) is 0. The van der Waals surface area contributed by atoms with E-state index in [1.165, 1.54) is 6.08 Å². The first kappa shape index (κ1) is 9.45. The quantitative estimate of drug-likeness (QED) is 0.484. The first-order chi connectivity index (χ1) is 5.56. The first-order valence-electron chi connectivity index (χ1n) is 3.57. The number of alkyl halides is 1. The Morgan fingerprint density at radius 1 is 1.67 bits per heavy atom. The second-order valence-corrected chi connectivity index (χ2v) is 3.15. The van der Waals surface area contributed by atoms with Crippen LogP contribution < -0.4 is 5.73 Å². The summed E-state index contributed by atoms with van der Waals surface area (Å²) in [7, 11) is 0. The minimum Gasteiger partial charge on any atom is -0.377 e. The van der Waals surface area contributed by atoms with Gasteiger partial charge in [0.05, 0.1) is 0 Å². The van der Waals surface area contributed by atoms with E-state index in [9.17, 15) is 9.90 Å². The molecule has 1 rings (SSSR count). The summed E-state index contributed by atoms with van der Waals surface area (Å²) >= 11 is 5.36. The number of ketones is 1. The predicted molar refractivity (Wildman–Crippen MR) is 46.7 cm³/mol. The molecule has 0 spiro atoms. The summed E-state index contributed by atoms with van der Waals surface area (Å²) in [5.74, 6) is -0.565. The fourth-order valence-electron chi connectivity index (χ4n) is 1.03. The van der Waals surface area contributed by atoms with Crippen molar-refractivity contribution in [1.82, 2.24) is 0 Å². The highest BCUT2D eigenvalue weighted by atomic mass is 35.5. The molecule has 0 aliphatic heterocycles. The van der Waals surface area contributed by atoms with Gasteiger partial charge < -0.3 is 10.8 Å². The molecule has 0 fully saturated rings. The van der Waals surface area contributed by atoms with Crippen LogP contribution in [-0.4, -0.2) is 22.0 Å². The van der Waals surface area contributed by atoms with Crippen LogP contribution in [0.15, 0.2) is 24.3 Å². The molecule has 2 atom stereocenters. The SMILES string of the molecule is N[C@@H](Cl)C(=O)[C@@]1(O)C=CC=CC1. The number of aliphatic hydroxyl groups is 1. The Bertz CT molecular complexity index is 247.